The number of rotatable bonds is 7. The van der Waals surface area contributed by atoms with Crippen LogP contribution in [-0.2, 0) is 4.79 Å². The zero-order valence-corrected chi connectivity index (χ0v) is 21.3. The van der Waals surface area contributed by atoms with Crippen molar-refractivity contribution >= 4 is 28.7 Å². The number of ketones is 1. The van der Waals surface area contributed by atoms with Crippen LogP contribution in [0, 0.1) is 18.6 Å². The van der Waals surface area contributed by atoms with Crippen LogP contribution in [0.25, 0.3) is 10.6 Å². The third-order valence-electron chi connectivity index (χ3n) is 6.14. The van der Waals surface area contributed by atoms with Crippen molar-refractivity contribution in [3.05, 3.63) is 112 Å². The molecule has 6 nitrogen and oxygen atoms in total. The summed E-state index contributed by atoms with van der Waals surface area (Å²) in [7, 11) is 0. The van der Waals surface area contributed by atoms with Gasteiger partial charge in [-0.2, -0.15) is 0 Å². The van der Waals surface area contributed by atoms with Gasteiger partial charge in [0.2, 0.25) is 5.78 Å². The Kier molecular flexibility index (Phi) is 6.77. The Labute approximate surface area is 221 Å². The van der Waals surface area contributed by atoms with Crippen molar-refractivity contribution < 1.29 is 28.2 Å². The number of thiazole rings is 1. The molecule has 1 aromatic heterocycles. The van der Waals surface area contributed by atoms with Crippen LogP contribution in [0.3, 0.4) is 0 Å². The molecule has 9 heteroatoms. The van der Waals surface area contributed by atoms with Crippen molar-refractivity contribution in [1.82, 2.24) is 4.98 Å². The first-order valence-electron chi connectivity index (χ1n) is 11.8. The summed E-state index contributed by atoms with van der Waals surface area (Å²) in [5, 5.41) is 11.6. The molecule has 3 aromatic carbocycles. The number of hydrogen-bond acceptors (Lipinski definition) is 6. The molecule has 0 saturated heterocycles. The summed E-state index contributed by atoms with van der Waals surface area (Å²) < 4.78 is 33.5. The van der Waals surface area contributed by atoms with Crippen LogP contribution in [0.2, 0.25) is 0 Å². The fourth-order valence-corrected chi connectivity index (χ4v) is 5.45. The molecule has 2 heterocycles. The highest BCUT2D eigenvalue weighted by Crippen LogP contribution is 2.44. The van der Waals surface area contributed by atoms with E-state index >= 15 is 0 Å². The molecule has 192 valence electrons. The van der Waals surface area contributed by atoms with E-state index in [1.165, 1.54) is 6.07 Å². The van der Waals surface area contributed by atoms with Crippen LogP contribution >= 0.6 is 11.3 Å². The van der Waals surface area contributed by atoms with E-state index in [4.69, 9.17) is 4.74 Å². The Morgan fingerprint density at radius 1 is 1.05 bits per heavy atom. The van der Waals surface area contributed by atoms with Crippen LogP contribution in [0.5, 0.6) is 5.75 Å². The summed E-state index contributed by atoms with van der Waals surface area (Å²) in [5.41, 5.74) is 1.53. The van der Waals surface area contributed by atoms with Crippen molar-refractivity contribution in [3.63, 3.8) is 0 Å². The van der Waals surface area contributed by atoms with E-state index in [0.29, 0.717) is 28.6 Å². The number of aromatic nitrogens is 1. The summed E-state index contributed by atoms with van der Waals surface area (Å²) in [5.74, 6) is -4.01. The molecule has 1 aliphatic rings. The van der Waals surface area contributed by atoms with Crippen LogP contribution in [0.1, 0.15) is 33.9 Å². The lowest BCUT2D eigenvalue weighted by Gasteiger charge is -2.27. The fraction of sp³-hybridized carbons (Fsp3) is 0.138. The summed E-state index contributed by atoms with van der Waals surface area (Å²) in [4.78, 5) is 33.2. The quantitative estimate of drug-likeness (QED) is 0.272. The smallest absolute Gasteiger partial charge is 0.294 e. The number of halogens is 2. The van der Waals surface area contributed by atoms with Crippen molar-refractivity contribution in [2.24, 2.45) is 0 Å². The third kappa shape index (κ3) is 4.45. The lowest BCUT2D eigenvalue weighted by atomic mass is 9.94. The number of anilines is 1. The second kappa shape index (κ2) is 10.2. The van der Waals surface area contributed by atoms with E-state index < -0.39 is 35.1 Å². The van der Waals surface area contributed by atoms with E-state index in [9.17, 15) is 23.5 Å². The van der Waals surface area contributed by atoms with Gasteiger partial charge in [0.25, 0.3) is 5.91 Å². The van der Waals surface area contributed by atoms with Crippen molar-refractivity contribution in [1.29, 1.82) is 0 Å². The lowest BCUT2D eigenvalue weighted by Crippen LogP contribution is -2.31. The average Bonchev–Trinajstić information content (AvgIpc) is 3.43. The normalized spacial score (nSPS) is 15.3. The molecule has 38 heavy (non-hydrogen) atoms. The molecule has 5 rings (SSSR count). The minimum absolute atomic E-state index is 0.0129. The van der Waals surface area contributed by atoms with Gasteiger partial charge in [0.1, 0.15) is 10.8 Å². The SMILES string of the molecule is CCOc1cccc(C2C(C(=O)c3sc(-c4ccccc4)nc3C)=C(O)C(=O)N2c2ccc(F)c(F)c2)c1. The maximum Gasteiger partial charge on any atom is 0.294 e. The molecular formula is C29H22F2N2O4S. The minimum atomic E-state index is -1.16. The van der Waals surface area contributed by atoms with Crippen LogP contribution in [0.15, 0.2) is 84.1 Å². The number of carbonyl (C=O) groups is 2. The summed E-state index contributed by atoms with van der Waals surface area (Å²) in [6.45, 7) is 3.88. The summed E-state index contributed by atoms with van der Waals surface area (Å²) in [6, 6.07) is 17.9. The molecule has 0 spiro atoms. The van der Waals surface area contributed by atoms with Gasteiger partial charge < -0.3 is 9.84 Å². The Bertz CT molecular complexity index is 1580. The first-order chi connectivity index (χ1) is 18.3. The van der Waals surface area contributed by atoms with E-state index in [1.807, 2.05) is 37.3 Å². The number of benzene rings is 3. The number of ether oxygens (including phenoxy) is 1. The average molecular weight is 533 g/mol. The lowest BCUT2D eigenvalue weighted by molar-refractivity contribution is -0.117. The van der Waals surface area contributed by atoms with Crippen molar-refractivity contribution in [2.75, 3.05) is 11.5 Å². The monoisotopic (exact) mass is 532 g/mol. The summed E-state index contributed by atoms with van der Waals surface area (Å²) in [6.07, 6.45) is 0. The first-order valence-corrected chi connectivity index (χ1v) is 12.6. The van der Waals surface area contributed by atoms with Crippen LogP contribution < -0.4 is 9.64 Å². The Balaban J connectivity index is 1.65. The number of hydrogen-bond donors (Lipinski definition) is 1. The van der Waals surface area contributed by atoms with Crippen molar-refractivity contribution in [2.45, 2.75) is 19.9 Å². The second-order valence-electron chi connectivity index (χ2n) is 8.57. The van der Waals surface area contributed by atoms with Crippen LogP contribution in [0.4, 0.5) is 14.5 Å². The largest absolute Gasteiger partial charge is 0.503 e. The summed E-state index contributed by atoms with van der Waals surface area (Å²) >= 11 is 1.15. The fourth-order valence-electron chi connectivity index (χ4n) is 4.43. The standard InChI is InChI=1S/C29H22F2N2O4S/c1-3-37-20-11-7-10-18(14-20)24-23(26(35)29(36)33(24)19-12-13-21(30)22(31)15-19)25(34)27-16(2)32-28(38-27)17-8-5-4-6-9-17/h4-15,24,35H,3H2,1-2H3. The van der Waals surface area contributed by atoms with Gasteiger partial charge in [-0.1, -0.05) is 42.5 Å². The highest BCUT2D eigenvalue weighted by Gasteiger charge is 2.45. The molecule has 1 aliphatic heterocycles. The molecule has 4 aromatic rings. The minimum Gasteiger partial charge on any atom is -0.503 e. The van der Waals surface area contributed by atoms with Gasteiger partial charge in [-0.25, -0.2) is 13.8 Å². The zero-order valence-electron chi connectivity index (χ0n) is 20.4. The molecule has 0 aliphatic carbocycles. The predicted octanol–water partition coefficient (Wildman–Crippen LogP) is 6.58. The zero-order chi connectivity index (χ0) is 27.0. The Morgan fingerprint density at radius 2 is 1.82 bits per heavy atom. The van der Waals surface area contributed by atoms with Gasteiger partial charge in [0, 0.05) is 17.3 Å². The number of nitrogens with zero attached hydrogens (tertiary/aromatic N) is 2. The van der Waals surface area contributed by atoms with Crippen LogP contribution in [-0.4, -0.2) is 28.4 Å². The maximum absolute atomic E-state index is 14.2. The number of aryl methyl sites for hydroxylation is 1. The van der Waals surface area contributed by atoms with E-state index in [1.54, 1.807) is 31.2 Å². The number of Topliss-reactive ketones (excluding diaryl/α,β-unsaturated/α-hetero) is 1. The van der Waals surface area contributed by atoms with Gasteiger partial charge >= 0.3 is 0 Å². The van der Waals surface area contributed by atoms with Crippen molar-refractivity contribution in [3.8, 4) is 16.3 Å². The number of aliphatic hydroxyl groups excluding tert-OH is 1. The Morgan fingerprint density at radius 3 is 2.53 bits per heavy atom. The molecule has 1 N–H and O–H groups in total. The topological polar surface area (TPSA) is 79.7 Å². The molecular weight excluding hydrogens is 510 g/mol. The number of carbonyl (C=O) groups excluding carboxylic acids is 2. The maximum atomic E-state index is 14.2. The first kappa shape index (κ1) is 25.3. The molecule has 0 fully saturated rings. The number of aliphatic hydroxyl groups is 1. The van der Waals surface area contributed by atoms with E-state index in [0.717, 1.165) is 33.9 Å². The second-order valence-corrected chi connectivity index (χ2v) is 9.57. The highest BCUT2D eigenvalue weighted by molar-refractivity contribution is 7.17. The third-order valence-corrected chi connectivity index (χ3v) is 7.35. The molecule has 0 radical (unpaired) electrons. The highest BCUT2D eigenvalue weighted by atomic mass is 32.1. The number of amides is 1. The Hall–Kier alpha value is -4.37. The van der Waals surface area contributed by atoms with Gasteiger partial charge in [0.05, 0.1) is 28.8 Å². The van der Waals surface area contributed by atoms with E-state index in [-0.39, 0.29) is 16.1 Å². The van der Waals surface area contributed by atoms with Gasteiger partial charge in [0.15, 0.2) is 17.4 Å². The van der Waals surface area contributed by atoms with Gasteiger partial charge in [-0.3, -0.25) is 14.5 Å². The predicted molar refractivity (Wildman–Crippen MR) is 140 cm³/mol. The molecule has 1 unspecified atom stereocenters. The van der Waals surface area contributed by atoms with E-state index in [2.05, 4.69) is 4.98 Å². The van der Waals surface area contributed by atoms with Gasteiger partial charge in [-0.15, -0.1) is 11.3 Å². The molecule has 1 amide bonds. The molecule has 0 bridgehead atoms. The van der Waals surface area contributed by atoms with Gasteiger partial charge in [-0.05, 0) is 43.7 Å². The molecule has 1 atom stereocenters. The molecule has 0 saturated carbocycles.